The predicted molar refractivity (Wildman–Crippen MR) is 193 cm³/mol. The Morgan fingerprint density at radius 2 is 1.71 bits per heavy atom. The molecular weight excluding hydrogens is 716 g/mol. The van der Waals surface area contributed by atoms with Gasteiger partial charge in [0, 0.05) is 44.9 Å². The monoisotopic (exact) mass is 753 g/mol. The maximum Gasteiger partial charge on any atom is 0.410 e. The molecule has 0 fully saturated rings. The molecule has 0 aliphatic heterocycles. The molecule has 4 rings (SSSR count). The normalized spacial score (nSPS) is 11.6. The van der Waals surface area contributed by atoms with Crippen molar-refractivity contribution in [2.24, 2.45) is 0 Å². The number of nitrogens with zero attached hydrogens (tertiary/aromatic N) is 4. The van der Waals surface area contributed by atoms with Crippen molar-refractivity contribution >= 4 is 72.8 Å². The molecule has 0 unspecified atom stereocenters. The number of carbonyl (C=O) groups excluding carboxylic acids is 1. The lowest BCUT2D eigenvalue weighted by Gasteiger charge is -2.28. The van der Waals surface area contributed by atoms with Crippen LogP contribution < -0.4 is 24.0 Å². The summed E-state index contributed by atoms with van der Waals surface area (Å²) < 4.78 is 61.5. The summed E-state index contributed by atoms with van der Waals surface area (Å²) in [6, 6.07) is 14.3. The highest BCUT2D eigenvalue weighted by Crippen LogP contribution is 2.38. The van der Waals surface area contributed by atoms with Crippen molar-refractivity contribution in [3.8, 4) is 11.5 Å². The summed E-state index contributed by atoms with van der Waals surface area (Å²) in [5, 5.41) is 3.11. The van der Waals surface area contributed by atoms with Crippen molar-refractivity contribution < 1.29 is 31.8 Å². The zero-order chi connectivity index (χ0) is 36.1. The summed E-state index contributed by atoms with van der Waals surface area (Å²) in [7, 11) is 1.86. The van der Waals surface area contributed by atoms with Crippen molar-refractivity contribution in [2.75, 3.05) is 55.9 Å². The first kappa shape index (κ1) is 37.8. The highest BCUT2D eigenvalue weighted by Gasteiger charge is 2.32. The number of likely N-dealkylation sites (N-methyl/N-ethyl adjacent to an activating group) is 2. The molecule has 1 amide bonds. The molecular formula is C33H38Cl2FN5O6S2. The van der Waals surface area contributed by atoms with Crippen molar-refractivity contribution in [3.05, 3.63) is 81.5 Å². The van der Waals surface area contributed by atoms with Gasteiger partial charge in [0.2, 0.25) is 5.13 Å². The topological polar surface area (TPSA) is 114 Å². The number of nitrogens with one attached hydrogen (secondary N) is 1. The fourth-order valence-electron chi connectivity index (χ4n) is 4.60. The van der Waals surface area contributed by atoms with E-state index in [0.717, 1.165) is 33.5 Å². The number of anilines is 4. The Hall–Kier alpha value is -3.98. The van der Waals surface area contributed by atoms with Crippen LogP contribution in [0.4, 0.5) is 31.4 Å². The average molecular weight is 755 g/mol. The van der Waals surface area contributed by atoms with E-state index in [1.54, 1.807) is 58.2 Å². The summed E-state index contributed by atoms with van der Waals surface area (Å²) in [6.07, 6.45) is 0.875. The van der Waals surface area contributed by atoms with Crippen LogP contribution in [0.3, 0.4) is 0 Å². The van der Waals surface area contributed by atoms with E-state index in [1.807, 2.05) is 24.1 Å². The third-order valence-corrected chi connectivity index (χ3v) is 10.5. The molecule has 0 bridgehead atoms. The Bertz CT molecular complexity index is 1900. The molecule has 0 radical (unpaired) electrons. The highest BCUT2D eigenvalue weighted by molar-refractivity contribution is 7.93. The SMILES string of the molecule is COc1ccc(CN(c2ncc(Cl)s2)S(=O)(=O)c2cc(Cl)c(Nc3ccccc3N(C)CCN(C)C(=O)OC(C)(C)C)cc2F)c(OC)c1. The number of halogens is 3. The lowest BCUT2D eigenvalue weighted by Crippen LogP contribution is -2.38. The molecule has 0 spiro atoms. The number of rotatable bonds is 13. The number of hydrogen-bond acceptors (Lipinski definition) is 10. The Labute approximate surface area is 300 Å². The second kappa shape index (κ2) is 15.7. The molecule has 0 aliphatic rings. The van der Waals surface area contributed by atoms with Gasteiger partial charge in [-0.1, -0.05) is 46.7 Å². The van der Waals surface area contributed by atoms with E-state index in [9.17, 15) is 13.2 Å². The summed E-state index contributed by atoms with van der Waals surface area (Å²) in [5.41, 5.74) is 1.31. The molecule has 3 aromatic carbocycles. The van der Waals surface area contributed by atoms with Crippen LogP contribution in [0.25, 0.3) is 0 Å². The van der Waals surface area contributed by atoms with Gasteiger partial charge < -0.3 is 29.3 Å². The second-order valence-electron chi connectivity index (χ2n) is 11.9. The molecule has 11 nitrogen and oxygen atoms in total. The number of hydrogen-bond donors (Lipinski definition) is 1. The van der Waals surface area contributed by atoms with Crippen LogP contribution in [-0.2, 0) is 21.3 Å². The van der Waals surface area contributed by atoms with Crippen molar-refractivity contribution in [1.29, 1.82) is 0 Å². The number of benzene rings is 3. The molecule has 0 aliphatic carbocycles. The van der Waals surface area contributed by atoms with Crippen LogP contribution >= 0.6 is 34.5 Å². The minimum absolute atomic E-state index is 0.0230. The van der Waals surface area contributed by atoms with Gasteiger partial charge in [0.05, 0.1) is 49.0 Å². The number of sulfonamides is 1. The van der Waals surface area contributed by atoms with E-state index < -0.39 is 32.4 Å². The number of carbonyl (C=O) groups is 1. The maximum absolute atomic E-state index is 15.9. The quantitative estimate of drug-likeness (QED) is 0.145. The van der Waals surface area contributed by atoms with Gasteiger partial charge in [-0.05, 0) is 51.1 Å². The van der Waals surface area contributed by atoms with Gasteiger partial charge in [0.25, 0.3) is 10.0 Å². The van der Waals surface area contributed by atoms with Crippen LogP contribution in [-0.4, -0.2) is 71.4 Å². The van der Waals surface area contributed by atoms with Crippen LogP contribution in [0, 0.1) is 5.82 Å². The predicted octanol–water partition coefficient (Wildman–Crippen LogP) is 8.05. The van der Waals surface area contributed by atoms with Crippen LogP contribution in [0.5, 0.6) is 11.5 Å². The minimum atomic E-state index is -4.58. The summed E-state index contributed by atoms with van der Waals surface area (Å²) in [4.78, 5) is 19.3. The number of ether oxygens (including phenoxy) is 3. The zero-order valence-corrected chi connectivity index (χ0v) is 31.2. The van der Waals surface area contributed by atoms with E-state index in [-0.39, 0.29) is 26.7 Å². The number of amides is 1. The summed E-state index contributed by atoms with van der Waals surface area (Å²) in [6.45, 7) is 5.97. The number of para-hydroxylation sites is 2. The van der Waals surface area contributed by atoms with Gasteiger partial charge in [-0.3, -0.25) is 0 Å². The molecule has 1 aromatic heterocycles. The molecule has 0 saturated carbocycles. The molecule has 0 atom stereocenters. The fraction of sp³-hybridized carbons (Fsp3) is 0.333. The Morgan fingerprint density at radius 1 is 1.00 bits per heavy atom. The largest absolute Gasteiger partial charge is 0.497 e. The Balaban J connectivity index is 1.61. The second-order valence-corrected chi connectivity index (χ2v) is 15.7. The van der Waals surface area contributed by atoms with Gasteiger partial charge in [0.15, 0.2) is 0 Å². The smallest absolute Gasteiger partial charge is 0.410 e. The van der Waals surface area contributed by atoms with E-state index in [4.69, 9.17) is 37.4 Å². The van der Waals surface area contributed by atoms with Crippen LogP contribution in [0.15, 0.2) is 65.7 Å². The van der Waals surface area contributed by atoms with Crippen molar-refractivity contribution in [3.63, 3.8) is 0 Å². The lowest BCUT2D eigenvalue weighted by atomic mass is 10.2. The van der Waals surface area contributed by atoms with Crippen molar-refractivity contribution in [2.45, 2.75) is 37.8 Å². The van der Waals surface area contributed by atoms with E-state index in [2.05, 4.69) is 10.3 Å². The molecule has 1 N–H and O–H groups in total. The number of methoxy groups -OCH3 is 2. The number of thiazole rings is 1. The van der Waals surface area contributed by atoms with Crippen LogP contribution in [0.2, 0.25) is 9.36 Å². The van der Waals surface area contributed by atoms with Crippen molar-refractivity contribution in [1.82, 2.24) is 9.88 Å². The average Bonchev–Trinajstić information content (AvgIpc) is 3.48. The first-order valence-corrected chi connectivity index (χ1v) is 17.9. The van der Waals surface area contributed by atoms with Gasteiger partial charge >= 0.3 is 6.09 Å². The summed E-state index contributed by atoms with van der Waals surface area (Å²) in [5.74, 6) is -0.166. The first-order valence-electron chi connectivity index (χ1n) is 14.9. The molecule has 264 valence electrons. The lowest BCUT2D eigenvalue weighted by molar-refractivity contribution is 0.0303. The van der Waals surface area contributed by atoms with E-state index in [1.165, 1.54) is 25.3 Å². The van der Waals surface area contributed by atoms with Gasteiger partial charge in [-0.2, -0.15) is 0 Å². The molecule has 4 aromatic rings. The zero-order valence-electron chi connectivity index (χ0n) is 28.1. The Morgan fingerprint density at radius 3 is 2.35 bits per heavy atom. The van der Waals surface area contributed by atoms with Gasteiger partial charge in [-0.25, -0.2) is 26.9 Å². The third kappa shape index (κ3) is 9.38. The maximum atomic E-state index is 15.9. The van der Waals surface area contributed by atoms with Gasteiger partial charge in [0.1, 0.15) is 32.1 Å². The van der Waals surface area contributed by atoms with Crippen LogP contribution in [0.1, 0.15) is 26.3 Å². The molecule has 49 heavy (non-hydrogen) atoms. The van der Waals surface area contributed by atoms with E-state index in [0.29, 0.717) is 35.8 Å². The van der Waals surface area contributed by atoms with Gasteiger partial charge in [-0.15, -0.1) is 0 Å². The third-order valence-electron chi connectivity index (χ3n) is 7.14. The molecule has 1 heterocycles. The first-order chi connectivity index (χ1) is 23.0. The Kier molecular flexibility index (Phi) is 12.1. The molecule has 16 heteroatoms. The minimum Gasteiger partial charge on any atom is -0.497 e. The number of aromatic nitrogens is 1. The fourth-order valence-corrected chi connectivity index (χ4v) is 7.46. The standard InChI is InChI=1S/C33H38Cl2FN5O6S2/c1-33(2,3)47-32(42)40(5)15-14-39(4)27-11-9-8-10-25(27)38-26-18-24(36)29(17-23(26)34)49(43,44)41(31-37-19-30(35)48-31)20-21-12-13-22(45-6)16-28(21)46-7/h8-13,16-19,38H,14-15,20H2,1-7H3. The highest BCUT2D eigenvalue weighted by atomic mass is 35.5. The molecule has 0 saturated heterocycles. The van der Waals surface area contributed by atoms with E-state index >= 15 is 4.39 Å². The summed E-state index contributed by atoms with van der Waals surface area (Å²) >= 11 is 13.7.